The number of aromatic nitrogens is 4. The summed E-state index contributed by atoms with van der Waals surface area (Å²) in [6.45, 7) is 7.67. The van der Waals surface area contributed by atoms with E-state index in [1.54, 1.807) is 41.2 Å². The van der Waals surface area contributed by atoms with Crippen molar-refractivity contribution in [1.82, 2.24) is 28.3 Å². The van der Waals surface area contributed by atoms with Gasteiger partial charge in [0.15, 0.2) is 11.2 Å². The van der Waals surface area contributed by atoms with Gasteiger partial charge in [0.2, 0.25) is 10.0 Å². The molecule has 3 heterocycles. The van der Waals surface area contributed by atoms with Gasteiger partial charge in [-0.15, -0.1) is 0 Å². The average Bonchev–Trinajstić information content (AvgIpc) is 3.20. The summed E-state index contributed by atoms with van der Waals surface area (Å²) in [5.41, 5.74) is -0.111. The van der Waals surface area contributed by atoms with Crippen molar-refractivity contribution in [2.24, 2.45) is 5.92 Å². The third kappa shape index (κ3) is 4.41. The molecule has 32 heavy (non-hydrogen) atoms. The maximum absolute atomic E-state index is 12.8. The zero-order chi connectivity index (χ0) is 22.9. The summed E-state index contributed by atoms with van der Waals surface area (Å²) < 4.78 is 30.4. The van der Waals surface area contributed by atoms with E-state index in [1.807, 2.05) is 13.8 Å². The van der Waals surface area contributed by atoms with Crippen LogP contribution in [0.1, 0.15) is 13.8 Å². The number of H-pyrrole nitrogens is 1. The number of nitrogens with zero attached hydrogens (tertiary/aromatic N) is 5. The van der Waals surface area contributed by atoms with E-state index in [2.05, 4.69) is 14.9 Å². The van der Waals surface area contributed by atoms with Crippen LogP contribution in [0.25, 0.3) is 11.2 Å². The maximum Gasteiger partial charge on any atom is 0.330 e. The van der Waals surface area contributed by atoms with E-state index in [4.69, 9.17) is 0 Å². The Morgan fingerprint density at radius 2 is 1.72 bits per heavy atom. The predicted octanol–water partition coefficient (Wildman–Crippen LogP) is 0.549. The number of sulfonamides is 1. The molecule has 1 fully saturated rings. The molecule has 2 aromatic heterocycles. The Hall–Kier alpha value is -2.76. The molecule has 0 aliphatic carbocycles. The minimum Gasteiger partial charge on any atom is -0.323 e. The largest absolute Gasteiger partial charge is 0.330 e. The second kappa shape index (κ2) is 9.00. The van der Waals surface area contributed by atoms with Crippen LogP contribution < -0.4 is 11.2 Å². The molecule has 0 saturated carbocycles. The van der Waals surface area contributed by atoms with Gasteiger partial charge in [-0.3, -0.25) is 19.2 Å². The first-order chi connectivity index (χ1) is 15.3. The van der Waals surface area contributed by atoms with Crippen molar-refractivity contribution in [3.05, 3.63) is 57.5 Å². The van der Waals surface area contributed by atoms with Crippen LogP contribution in [0.3, 0.4) is 0 Å². The third-order valence-corrected chi connectivity index (χ3v) is 7.58. The molecule has 1 saturated heterocycles. The fourth-order valence-electron chi connectivity index (χ4n) is 4.01. The number of nitrogens with one attached hydrogen (secondary N) is 1. The summed E-state index contributed by atoms with van der Waals surface area (Å²) in [5.74, 6) is 0.232. The number of imidazole rings is 1. The normalized spacial score (nSPS) is 16.2. The first-order valence-electron chi connectivity index (χ1n) is 10.7. The lowest BCUT2D eigenvalue weighted by Gasteiger charge is -2.34. The summed E-state index contributed by atoms with van der Waals surface area (Å²) in [4.78, 5) is 33.9. The van der Waals surface area contributed by atoms with Crippen LogP contribution in [0.15, 0.2) is 51.1 Å². The quantitative estimate of drug-likeness (QED) is 0.551. The Morgan fingerprint density at radius 3 is 2.38 bits per heavy atom. The van der Waals surface area contributed by atoms with Gasteiger partial charge in [-0.1, -0.05) is 32.0 Å². The third-order valence-electron chi connectivity index (χ3n) is 5.67. The minimum absolute atomic E-state index is 0.232. The van der Waals surface area contributed by atoms with Crippen LogP contribution in [0.4, 0.5) is 0 Å². The molecule has 0 bridgehead atoms. The molecule has 0 unspecified atom stereocenters. The van der Waals surface area contributed by atoms with E-state index >= 15 is 0 Å². The Balaban J connectivity index is 1.43. The van der Waals surface area contributed by atoms with E-state index in [0.29, 0.717) is 61.9 Å². The van der Waals surface area contributed by atoms with Gasteiger partial charge in [-0.05, 0) is 18.1 Å². The molecule has 172 valence electrons. The zero-order valence-electron chi connectivity index (χ0n) is 18.3. The molecule has 1 aliphatic rings. The van der Waals surface area contributed by atoms with E-state index < -0.39 is 21.3 Å². The number of hydrogen-bond donors (Lipinski definition) is 1. The molecule has 10 nitrogen and oxygen atoms in total. The molecule has 0 spiro atoms. The van der Waals surface area contributed by atoms with Crippen LogP contribution in [0.5, 0.6) is 0 Å². The first kappa shape index (κ1) is 22.4. The topological polar surface area (TPSA) is 113 Å². The Bertz CT molecular complexity index is 1300. The van der Waals surface area contributed by atoms with Gasteiger partial charge in [0.05, 0.1) is 11.2 Å². The van der Waals surface area contributed by atoms with Gasteiger partial charge in [-0.25, -0.2) is 18.2 Å². The van der Waals surface area contributed by atoms with E-state index in [-0.39, 0.29) is 5.92 Å². The van der Waals surface area contributed by atoms with Crippen molar-refractivity contribution in [1.29, 1.82) is 0 Å². The zero-order valence-corrected chi connectivity index (χ0v) is 19.1. The van der Waals surface area contributed by atoms with Crippen LogP contribution in [0.2, 0.25) is 0 Å². The molecule has 1 aromatic carbocycles. The molecular formula is C21H28N6O4S. The first-order valence-corrected chi connectivity index (χ1v) is 12.2. The number of fused-ring (bicyclic) bond motifs is 1. The van der Waals surface area contributed by atoms with Gasteiger partial charge >= 0.3 is 5.69 Å². The highest BCUT2D eigenvalue weighted by Gasteiger charge is 2.28. The van der Waals surface area contributed by atoms with E-state index in [0.717, 1.165) is 0 Å². The van der Waals surface area contributed by atoms with Crippen molar-refractivity contribution in [3.63, 3.8) is 0 Å². The van der Waals surface area contributed by atoms with Crippen LogP contribution in [-0.2, 0) is 23.1 Å². The number of rotatable bonds is 7. The summed E-state index contributed by atoms with van der Waals surface area (Å²) in [7, 11) is -3.48. The van der Waals surface area contributed by atoms with Crippen LogP contribution in [-0.4, -0.2) is 69.4 Å². The lowest BCUT2D eigenvalue weighted by molar-refractivity contribution is 0.183. The van der Waals surface area contributed by atoms with Crippen molar-refractivity contribution in [2.75, 3.05) is 32.7 Å². The summed E-state index contributed by atoms with van der Waals surface area (Å²) in [5, 5.41) is 0. The summed E-state index contributed by atoms with van der Waals surface area (Å²) in [6, 6.07) is 8.47. The van der Waals surface area contributed by atoms with Crippen LogP contribution in [0, 0.1) is 5.92 Å². The molecular weight excluding hydrogens is 432 g/mol. The lowest BCUT2D eigenvalue weighted by Crippen LogP contribution is -2.49. The number of hydrogen-bond acceptors (Lipinski definition) is 6. The fraction of sp³-hybridized carbons (Fsp3) is 0.476. The molecule has 1 aliphatic heterocycles. The molecule has 0 amide bonds. The minimum atomic E-state index is -3.48. The molecule has 3 aromatic rings. The Labute approximate surface area is 186 Å². The number of aromatic amines is 1. The Morgan fingerprint density at radius 1 is 1.03 bits per heavy atom. The second-order valence-corrected chi connectivity index (χ2v) is 10.4. The highest BCUT2D eigenvalue weighted by molar-refractivity contribution is 7.89. The van der Waals surface area contributed by atoms with Crippen molar-refractivity contribution < 1.29 is 8.42 Å². The summed E-state index contributed by atoms with van der Waals surface area (Å²) >= 11 is 0. The van der Waals surface area contributed by atoms with Gasteiger partial charge in [0.1, 0.15) is 0 Å². The second-order valence-electron chi connectivity index (χ2n) is 8.43. The summed E-state index contributed by atoms with van der Waals surface area (Å²) in [6.07, 6.45) is 1.59. The molecule has 0 atom stereocenters. The average molecular weight is 461 g/mol. The lowest BCUT2D eigenvalue weighted by atomic mass is 10.2. The van der Waals surface area contributed by atoms with Gasteiger partial charge in [0.25, 0.3) is 5.56 Å². The monoisotopic (exact) mass is 460 g/mol. The van der Waals surface area contributed by atoms with Crippen molar-refractivity contribution >= 4 is 21.2 Å². The highest BCUT2D eigenvalue weighted by Crippen LogP contribution is 2.17. The highest BCUT2D eigenvalue weighted by atomic mass is 32.2. The van der Waals surface area contributed by atoms with Crippen molar-refractivity contribution in [2.45, 2.75) is 31.8 Å². The van der Waals surface area contributed by atoms with Gasteiger partial charge in [-0.2, -0.15) is 4.31 Å². The Kier molecular flexibility index (Phi) is 6.31. The maximum atomic E-state index is 12.8. The number of piperazine rings is 1. The molecule has 11 heteroatoms. The van der Waals surface area contributed by atoms with Gasteiger partial charge < -0.3 is 4.57 Å². The molecule has 4 rings (SSSR count). The van der Waals surface area contributed by atoms with E-state index in [1.165, 1.54) is 8.87 Å². The predicted molar refractivity (Wildman–Crippen MR) is 121 cm³/mol. The fourth-order valence-corrected chi connectivity index (χ4v) is 5.45. The molecule has 1 N–H and O–H groups in total. The number of benzene rings is 1. The standard InChI is InChI=1S/C21H28N6O4S/c1-16(2)14-27-19-18(20(28)23-21(27)29)25(15-22-19)11-8-24-9-12-26(13-10-24)32(30,31)17-6-4-3-5-7-17/h3-7,15-16H,8-14H2,1-2H3,(H,23,28,29). The smallest absolute Gasteiger partial charge is 0.323 e. The van der Waals surface area contributed by atoms with Gasteiger partial charge in [0, 0.05) is 45.8 Å². The van der Waals surface area contributed by atoms with Crippen molar-refractivity contribution in [3.8, 4) is 0 Å². The van der Waals surface area contributed by atoms with E-state index in [9.17, 15) is 18.0 Å². The van der Waals surface area contributed by atoms with Crippen LogP contribution >= 0.6 is 0 Å². The molecule has 0 radical (unpaired) electrons. The SMILES string of the molecule is CC(C)Cn1c(=O)[nH]c(=O)c2c1ncn2CCN1CCN(S(=O)(=O)c2ccccc2)CC1.